The molecule has 1 N–H and O–H groups in total. The zero-order valence-electron chi connectivity index (χ0n) is 13.5. The van der Waals surface area contributed by atoms with Gasteiger partial charge in [-0.25, -0.2) is 9.97 Å². The van der Waals surface area contributed by atoms with E-state index in [4.69, 9.17) is 0 Å². The fraction of sp³-hybridized carbons (Fsp3) is 0.412. The van der Waals surface area contributed by atoms with Gasteiger partial charge < -0.3 is 4.98 Å². The van der Waals surface area contributed by atoms with Crippen molar-refractivity contribution in [1.82, 2.24) is 19.5 Å². The predicted octanol–water partition coefficient (Wildman–Crippen LogP) is 2.17. The smallest absolute Gasteiger partial charge is 0.262 e. The van der Waals surface area contributed by atoms with Crippen LogP contribution in [0.1, 0.15) is 41.2 Å². The molecule has 0 amide bonds. The highest BCUT2D eigenvalue weighted by Crippen LogP contribution is 2.32. The van der Waals surface area contributed by atoms with E-state index in [1.807, 2.05) is 0 Å². The van der Waals surface area contributed by atoms with Gasteiger partial charge in [0.1, 0.15) is 10.7 Å². The van der Waals surface area contributed by atoms with Crippen molar-refractivity contribution < 1.29 is 0 Å². The number of hydrogen-bond acceptors (Lipinski definition) is 5. The minimum Gasteiger partial charge on any atom is -0.311 e. The molecule has 0 atom stereocenters. The standard InChI is InChI=1S/C17H18N4O2S/c1-10-19-11(7-14(22)20-10)8-21-9-18-16-15(17(21)23)12-5-3-2-4-6-13(12)24-16/h7,9H,2-6,8H2,1H3,(H,19,20,22). The monoisotopic (exact) mass is 342 g/mol. The summed E-state index contributed by atoms with van der Waals surface area (Å²) in [6, 6.07) is 1.43. The van der Waals surface area contributed by atoms with E-state index in [2.05, 4.69) is 15.0 Å². The normalized spacial score (nSPS) is 14.5. The number of nitrogens with zero attached hydrogens (tertiary/aromatic N) is 3. The summed E-state index contributed by atoms with van der Waals surface area (Å²) in [4.78, 5) is 38.1. The zero-order chi connectivity index (χ0) is 16.7. The molecule has 6 nitrogen and oxygen atoms in total. The number of thiophene rings is 1. The van der Waals surface area contributed by atoms with Gasteiger partial charge in [-0.3, -0.25) is 14.2 Å². The van der Waals surface area contributed by atoms with E-state index in [-0.39, 0.29) is 17.7 Å². The summed E-state index contributed by atoms with van der Waals surface area (Å²) in [7, 11) is 0. The lowest BCUT2D eigenvalue weighted by atomic mass is 10.1. The van der Waals surface area contributed by atoms with Crippen LogP contribution < -0.4 is 11.1 Å². The first-order valence-corrected chi connectivity index (χ1v) is 9.00. The molecule has 0 aromatic carbocycles. The third-order valence-electron chi connectivity index (χ3n) is 4.44. The van der Waals surface area contributed by atoms with Gasteiger partial charge in [-0.1, -0.05) is 6.42 Å². The number of nitrogens with one attached hydrogen (secondary N) is 1. The lowest BCUT2D eigenvalue weighted by Gasteiger charge is -2.06. The van der Waals surface area contributed by atoms with Gasteiger partial charge in [0.05, 0.1) is 24.0 Å². The number of aromatic nitrogens is 4. The first kappa shape index (κ1) is 15.3. The van der Waals surface area contributed by atoms with E-state index in [1.54, 1.807) is 29.2 Å². The van der Waals surface area contributed by atoms with Gasteiger partial charge in [0.15, 0.2) is 0 Å². The third-order valence-corrected chi connectivity index (χ3v) is 5.64. The summed E-state index contributed by atoms with van der Waals surface area (Å²) in [6.07, 6.45) is 7.10. The molecular weight excluding hydrogens is 324 g/mol. The number of hydrogen-bond donors (Lipinski definition) is 1. The molecule has 7 heteroatoms. The Morgan fingerprint density at radius 2 is 2.08 bits per heavy atom. The second-order valence-electron chi connectivity index (χ2n) is 6.24. The molecule has 0 saturated carbocycles. The molecule has 3 aromatic rings. The molecule has 4 rings (SSSR count). The molecule has 0 bridgehead atoms. The molecule has 3 heterocycles. The average Bonchev–Trinajstić information content (AvgIpc) is 2.72. The van der Waals surface area contributed by atoms with Crippen LogP contribution in [0.25, 0.3) is 10.2 Å². The molecule has 0 spiro atoms. The maximum atomic E-state index is 13.0. The molecule has 0 unspecified atom stereocenters. The van der Waals surface area contributed by atoms with Crippen LogP contribution in [0.5, 0.6) is 0 Å². The van der Waals surface area contributed by atoms with Crippen LogP contribution in [0.2, 0.25) is 0 Å². The van der Waals surface area contributed by atoms with Gasteiger partial charge in [-0.05, 0) is 38.2 Å². The van der Waals surface area contributed by atoms with Crippen LogP contribution in [0, 0.1) is 6.92 Å². The van der Waals surface area contributed by atoms with E-state index >= 15 is 0 Å². The number of aryl methyl sites for hydroxylation is 3. The maximum absolute atomic E-state index is 13.0. The molecule has 124 valence electrons. The second kappa shape index (κ2) is 5.98. The molecule has 3 aromatic heterocycles. The van der Waals surface area contributed by atoms with Crippen molar-refractivity contribution in [3.05, 3.63) is 55.1 Å². The quantitative estimate of drug-likeness (QED) is 0.724. The fourth-order valence-electron chi connectivity index (χ4n) is 3.37. The maximum Gasteiger partial charge on any atom is 0.262 e. The number of H-pyrrole nitrogens is 1. The predicted molar refractivity (Wildman–Crippen MR) is 93.8 cm³/mol. The molecule has 0 radical (unpaired) electrons. The molecule has 0 saturated heterocycles. The summed E-state index contributed by atoms with van der Waals surface area (Å²) in [5, 5.41) is 0.765. The van der Waals surface area contributed by atoms with Crippen molar-refractivity contribution in [3.63, 3.8) is 0 Å². The number of rotatable bonds is 2. The SMILES string of the molecule is Cc1nc(Cn2cnc3sc4c(c3c2=O)CCCCC4)cc(=O)[nH]1. The highest BCUT2D eigenvalue weighted by Gasteiger charge is 2.19. The number of fused-ring (bicyclic) bond motifs is 3. The molecule has 1 aliphatic rings. The van der Waals surface area contributed by atoms with Crippen molar-refractivity contribution in [2.75, 3.05) is 0 Å². The van der Waals surface area contributed by atoms with Gasteiger partial charge in [-0.2, -0.15) is 0 Å². The van der Waals surface area contributed by atoms with Crippen LogP contribution in [0.15, 0.2) is 22.0 Å². The van der Waals surface area contributed by atoms with Crippen molar-refractivity contribution >= 4 is 21.6 Å². The Hall–Kier alpha value is -2.28. The van der Waals surface area contributed by atoms with E-state index < -0.39 is 0 Å². The first-order chi connectivity index (χ1) is 11.6. The molecular formula is C17H18N4O2S. The first-order valence-electron chi connectivity index (χ1n) is 8.18. The van der Waals surface area contributed by atoms with Crippen molar-refractivity contribution in [2.24, 2.45) is 0 Å². The van der Waals surface area contributed by atoms with E-state index in [0.717, 1.165) is 29.5 Å². The molecule has 1 aliphatic carbocycles. The lowest BCUT2D eigenvalue weighted by molar-refractivity contribution is 0.710. The van der Waals surface area contributed by atoms with Crippen molar-refractivity contribution in [2.45, 2.75) is 45.6 Å². The Morgan fingerprint density at radius 1 is 1.25 bits per heavy atom. The topological polar surface area (TPSA) is 80.6 Å². The second-order valence-corrected chi connectivity index (χ2v) is 7.33. The van der Waals surface area contributed by atoms with Gasteiger partial charge in [0.25, 0.3) is 11.1 Å². The average molecular weight is 342 g/mol. The summed E-state index contributed by atoms with van der Waals surface area (Å²) in [5.41, 5.74) is 1.53. The summed E-state index contributed by atoms with van der Waals surface area (Å²) in [6.45, 7) is 1.99. The van der Waals surface area contributed by atoms with E-state index in [1.165, 1.54) is 29.3 Å². The van der Waals surface area contributed by atoms with Crippen molar-refractivity contribution in [3.8, 4) is 0 Å². The van der Waals surface area contributed by atoms with Crippen LogP contribution in [0.4, 0.5) is 0 Å². The van der Waals surface area contributed by atoms with Crippen LogP contribution in [-0.2, 0) is 19.4 Å². The summed E-state index contributed by atoms with van der Waals surface area (Å²) >= 11 is 1.65. The Labute approximate surface area is 142 Å². The Bertz CT molecular complexity index is 1030. The molecule has 24 heavy (non-hydrogen) atoms. The minimum absolute atomic E-state index is 0.0286. The molecule has 0 aliphatic heterocycles. The summed E-state index contributed by atoms with van der Waals surface area (Å²) in [5.74, 6) is 0.545. The van der Waals surface area contributed by atoms with Crippen LogP contribution >= 0.6 is 11.3 Å². The van der Waals surface area contributed by atoms with Gasteiger partial charge in [-0.15, -0.1) is 11.3 Å². The van der Waals surface area contributed by atoms with E-state index in [9.17, 15) is 9.59 Å². The lowest BCUT2D eigenvalue weighted by Crippen LogP contribution is -2.23. The summed E-state index contributed by atoms with van der Waals surface area (Å²) < 4.78 is 1.56. The molecule has 0 fully saturated rings. The van der Waals surface area contributed by atoms with Crippen LogP contribution in [0.3, 0.4) is 0 Å². The highest BCUT2D eigenvalue weighted by atomic mass is 32.1. The number of aromatic amines is 1. The Balaban J connectivity index is 1.82. The van der Waals surface area contributed by atoms with Gasteiger partial charge in [0, 0.05) is 10.9 Å². The van der Waals surface area contributed by atoms with E-state index in [0.29, 0.717) is 11.5 Å². The largest absolute Gasteiger partial charge is 0.311 e. The third kappa shape index (κ3) is 2.69. The van der Waals surface area contributed by atoms with Crippen LogP contribution in [-0.4, -0.2) is 19.5 Å². The van der Waals surface area contributed by atoms with Gasteiger partial charge in [0.2, 0.25) is 0 Å². The minimum atomic E-state index is -0.205. The van der Waals surface area contributed by atoms with Gasteiger partial charge >= 0.3 is 0 Å². The Kier molecular flexibility index (Phi) is 3.80. The highest BCUT2D eigenvalue weighted by molar-refractivity contribution is 7.18. The van der Waals surface area contributed by atoms with Crippen molar-refractivity contribution in [1.29, 1.82) is 0 Å². The fourth-order valence-corrected chi connectivity index (χ4v) is 4.59. The Morgan fingerprint density at radius 3 is 2.92 bits per heavy atom. The zero-order valence-corrected chi connectivity index (χ0v) is 14.3.